The molecule has 7 nitrogen and oxygen atoms in total. The van der Waals surface area contributed by atoms with E-state index in [1.165, 1.54) is 12.1 Å². The lowest BCUT2D eigenvalue weighted by Crippen LogP contribution is -2.33. The van der Waals surface area contributed by atoms with Crippen molar-refractivity contribution in [3.63, 3.8) is 0 Å². The van der Waals surface area contributed by atoms with E-state index in [4.69, 9.17) is 0 Å². The monoisotopic (exact) mass is 238 g/mol. The summed E-state index contributed by atoms with van der Waals surface area (Å²) in [5.41, 5.74) is -0.909. The number of benzene rings is 1. The largest absolute Gasteiger partial charge is 0.505 e. The van der Waals surface area contributed by atoms with Crippen LogP contribution in [0.2, 0.25) is 0 Å². The number of hydrogen-bond acceptors (Lipinski definition) is 5. The summed E-state index contributed by atoms with van der Waals surface area (Å²) in [6.45, 7) is 2.16. The Morgan fingerprint density at radius 1 is 1.29 bits per heavy atom. The van der Waals surface area contributed by atoms with Crippen LogP contribution in [0.1, 0.15) is 13.8 Å². The van der Waals surface area contributed by atoms with E-state index >= 15 is 0 Å². The first-order valence-corrected chi connectivity index (χ1v) is 4.64. The highest BCUT2D eigenvalue weighted by molar-refractivity contribution is 6.15. The molecular formula is C10H10N2O5. The molecule has 0 unspecified atom stereocenters. The van der Waals surface area contributed by atoms with Gasteiger partial charge in [0.15, 0.2) is 5.69 Å². The van der Waals surface area contributed by atoms with E-state index in [0.29, 0.717) is 4.90 Å². The SMILES string of the molecule is CC(=O)N(C(C)=O)c1c(O)cccc1[N+](=O)[O-]. The molecule has 0 bridgehead atoms. The second-order valence-electron chi connectivity index (χ2n) is 3.28. The fourth-order valence-corrected chi connectivity index (χ4v) is 1.43. The highest BCUT2D eigenvalue weighted by Gasteiger charge is 2.28. The maximum atomic E-state index is 11.3. The second kappa shape index (κ2) is 4.60. The molecule has 0 heterocycles. The highest BCUT2D eigenvalue weighted by atomic mass is 16.6. The summed E-state index contributed by atoms with van der Waals surface area (Å²) in [7, 11) is 0. The van der Waals surface area contributed by atoms with Crippen molar-refractivity contribution in [2.24, 2.45) is 0 Å². The second-order valence-corrected chi connectivity index (χ2v) is 3.28. The summed E-state index contributed by atoms with van der Waals surface area (Å²) in [5.74, 6) is -1.91. The number of aromatic hydroxyl groups is 1. The molecule has 1 aromatic rings. The average Bonchev–Trinajstić information content (AvgIpc) is 2.19. The number of amides is 2. The number of carbonyl (C=O) groups excluding carboxylic acids is 2. The van der Waals surface area contributed by atoms with Crippen LogP contribution < -0.4 is 4.90 Å². The molecule has 7 heteroatoms. The molecule has 0 aliphatic heterocycles. The predicted octanol–water partition coefficient (Wildman–Crippen LogP) is 1.20. The van der Waals surface area contributed by atoms with Crippen LogP contribution in [0.15, 0.2) is 18.2 Å². The summed E-state index contributed by atoms with van der Waals surface area (Å²) >= 11 is 0. The van der Waals surface area contributed by atoms with Crippen LogP contribution >= 0.6 is 0 Å². The van der Waals surface area contributed by atoms with Gasteiger partial charge in [0.2, 0.25) is 11.8 Å². The number of nitro groups is 1. The van der Waals surface area contributed by atoms with Gasteiger partial charge in [0, 0.05) is 19.9 Å². The number of rotatable bonds is 2. The third-order valence-corrected chi connectivity index (χ3v) is 2.04. The number of para-hydroxylation sites is 1. The van der Waals surface area contributed by atoms with Crippen molar-refractivity contribution in [2.45, 2.75) is 13.8 Å². The van der Waals surface area contributed by atoms with E-state index in [0.717, 1.165) is 19.9 Å². The Morgan fingerprint density at radius 2 is 1.82 bits per heavy atom. The molecule has 90 valence electrons. The molecule has 17 heavy (non-hydrogen) atoms. The Labute approximate surface area is 96.4 Å². The Bertz CT molecular complexity index is 483. The first kappa shape index (κ1) is 12.6. The van der Waals surface area contributed by atoms with Crippen LogP contribution in [-0.4, -0.2) is 21.8 Å². The van der Waals surface area contributed by atoms with Crippen LogP contribution in [0.25, 0.3) is 0 Å². The van der Waals surface area contributed by atoms with Gasteiger partial charge in [0.25, 0.3) is 5.69 Å². The van der Waals surface area contributed by atoms with Crippen molar-refractivity contribution in [1.29, 1.82) is 0 Å². The smallest absolute Gasteiger partial charge is 0.297 e. The van der Waals surface area contributed by atoms with Crippen LogP contribution in [0.5, 0.6) is 5.75 Å². The van der Waals surface area contributed by atoms with Gasteiger partial charge >= 0.3 is 0 Å². The first-order valence-electron chi connectivity index (χ1n) is 4.64. The molecule has 2 amide bonds. The van der Waals surface area contributed by atoms with E-state index in [1.807, 2.05) is 0 Å². The van der Waals surface area contributed by atoms with Crippen LogP contribution in [0.4, 0.5) is 11.4 Å². The fourth-order valence-electron chi connectivity index (χ4n) is 1.43. The summed E-state index contributed by atoms with van der Waals surface area (Å²) in [4.78, 5) is 33.1. The zero-order valence-corrected chi connectivity index (χ0v) is 9.21. The number of phenols is 1. The van der Waals surface area contributed by atoms with Gasteiger partial charge in [0.05, 0.1) is 4.92 Å². The number of hydrogen-bond donors (Lipinski definition) is 1. The van der Waals surface area contributed by atoms with Crippen molar-refractivity contribution >= 4 is 23.2 Å². The van der Waals surface area contributed by atoms with Crippen molar-refractivity contribution in [1.82, 2.24) is 0 Å². The molecule has 0 aromatic heterocycles. The molecule has 0 radical (unpaired) electrons. The minimum Gasteiger partial charge on any atom is -0.505 e. The lowest BCUT2D eigenvalue weighted by molar-refractivity contribution is -0.384. The van der Waals surface area contributed by atoms with E-state index in [-0.39, 0.29) is 0 Å². The molecule has 0 spiro atoms. The molecule has 1 rings (SSSR count). The Balaban J connectivity index is 3.51. The third-order valence-electron chi connectivity index (χ3n) is 2.04. The first-order chi connectivity index (χ1) is 7.86. The van der Waals surface area contributed by atoms with Gasteiger partial charge in [-0.3, -0.25) is 19.7 Å². The minimum absolute atomic E-state index is 0.405. The van der Waals surface area contributed by atoms with Gasteiger partial charge in [0.1, 0.15) is 5.75 Å². The number of nitrogens with zero attached hydrogens (tertiary/aromatic N) is 2. The van der Waals surface area contributed by atoms with Gasteiger partial charge in [-0.1, -0.05) is 6.07 Å². The van der Waals surface area contributed by atoms with Gasteiger partial charge in [-0.15, -0.1) is 0 Å². The molecule has 1 N–H and O–H groups in total. The zero-order chi connectivity index (χ0) is 13.2. The van der Waals surface area contributed by atoms with E-state index in [1.54, 1.807) is 0 Å². The molecule has 0 aliphatic rings. The quantitative estimate of drug-likeness (QED) is 0.616. The summed E-state index contributed by atoms with van der Waals surface area (Å²) in [6.07, 6.45) is 0. The van der Waals surface area contributed by atoms with Gasteiger partial charge < -0.3 is 5.11 Å². The maximum Gasteiger partial charge on any atom is 0.297 e. The van der Waals surface area contributed by atoms with Gasteiger partial charge in [-0.25, -0.2) is 4.90 Å². The molecule has 0 saturated heterocycles. The number of imide groups is 1. The minimum atomic E-state index is -0.770. The van der Waals surface area contributed by atoms with E-state index < -0.39 is 33.9 Å². The summed E-state index contributed by atoms with van der Waals surface area (Å²) < 4.78 is 0. The van der Waals surface area contributed by atoms with Gasteiger partial charge in [-0.2, -0.15) is 0 Å². The Morgan fingerprint density at radius 3 is 2.24 bits per heavy atom. The molecule has 0 saturated carbocycles. The van der Waals surface area contributed by atoms with Crippen LogP contribution in [-0.2, 0) is 9.59 Å². The zero-order valence-electron chi connectivity index (χ0n) is 9.21. The number of nitro benzene ring substituents is 1. The number of anilines is 1. The number of carbonyl (C=O) groups is 2. The number of phenolic OH excluding ortho intramolecular Hbond substituents is 1. The topological polar surface area (TPSA) is 101 Å². The third kappa shape index (κ3) is 2.39. The van der Waals surface area contributed by atoms with Gasteiger partial charge in [-0.05, 0) is 6.07 Å². The lowest BCUT2D eigenvalue weighted by Gasteiger charge is -2.17. The molecular weight excluding hydrogens is 228 g/mol. The maximum absolute atomic E-state index is 11.3. The van der Waals surface area contributed by atoms with Crippen molar-refractivity contribution in [3.8, 4) is 5.75 Å². The molecule has 0 fully saturated rings. The normalized spacial score (nSPS) is 9.76. The van der Waals surface area contributed by atoms with Crippen molar-refractivity contribution in [2.75, 3.05) is 4.90 Å². The predicted molar refractivity (Wildman–Crippen MR) is 58.6 cm³/mol. The molecule has 0 atom stereocenters. The van der Waals surface area contributed by atoms with Crippen molar-refractivity contribution in [3.05, 3.63) is 28.3 Å². The Kier molecular flexibility index (Phi) is 3.42. The standard InChI is InChI=1S/C10H10N2O5/c1-6(13)11(7(2)14)10-8(12(16)17)4-3-5-9(10)15/h3-5,15H,1-2H3. The van der Waals surface area contributed by atoms with Crippen molar-refractivity contribution < 1.29 is 19.6 Å². The molecule has 0 aliphatic carbocycles. The summed E-state index contributed by atoms with van der Waals surface area (Å²) in [5, 5.41) is 20.3. The molecule has 1 aromatic carbocycles. The van der Waals surface area contributed by atoms with Crippen LogP contribution in [0, 0.1) is 10.1 Å². The highest BCUT2D eigenvalue weighted by Crippen LogP contribution is 2.36. The van der Waals surface area contributed by atoms with E-state index in [2.05, 4.69) is 0 Å². The Hall–Kier alpha value is -2.44. The fraction of sp³-hybridized carbons (Fsp3) is 0.200. The average molecular weight is 238 g/mol. The van der Waals surface area contributed by atoms with Crippen LogP contribution in [0.3, 0.4) is 0 Å². The lowest BCUT2D eigenvalue weighted by atomic mass is 10.2. The van der Waals surface area contributed by atoms with E-state index in [9.17, 15) is 24.8 Å². The summed E-state index contributed by atoms with van der Waals surface area (Å²) in [6, 6.07) is 3.53.